The highest BCUT2D eigenvalue weighted by Crippen LogP contribution is 2.34. The zero-order valence-electron chi connectivity index (χ0n) is 18.4. The molecule has 0 N–H and O–H groups in total. The summed E-state index contributed by atoms with van der Waals surface area (Å²) in [5.41, 5.74) is 1.35. The summed E-state index contributed by atoms with van der Waals surface area (Å²) in [6.07, 6.45) is 6.51. The molecule has 0 amide bonds. The van der Waals surface area contributed by atoms with Crippen molar-refractivity contribution in [3.63, 3.8) is 0 Å². The second-order valence-electron chi connectivity index (χ2n) is 8.57. The minimum Gasteiger partial charge on any atom is -0.303 e. The van der Waals surface area contributed by atoms with Crippen LogP contribution in [0.2, 0.25) is 0 Å². The fourth-order valence-electron chi connectivity index (χ4n) is 4.74. The van der Waals surface area contributed by atoms with Crippen LogP contribution in [0.4, 0.5) is 4.39 Å². The summed E-state index contributed by atoms with van der Waals surface area (Å²) < 4.78 is 16.3. The molecule has 4 nitrogen and oxygen atoms in total. The van der Waals surface area contributed by atoms with Crippen molar-refractivity contribution in [2.75, 3.05) is 5.75 Å². The number of nitrogens with zero attached hydrogens (tertiary/aromatic N) is 3. The number of aromatic nitrogens is 3. The number of thioether (sulfide) groups is 1. The highest BCUT2D eigenvalue weighted by atomic mass is 32.2. The van der Waals surface area contributed by atoms with Gasteiger partial charge in [0.1, 0.15) is 11.6 Å². The maximum atomic E-state index is 14.0. The average Bonchev–Trinajstić information content (AvgIpc) is 3.26. The minimum atomic E-state index is -0.478. The van der Waals surface area contributed by atoms with Crippen LogP contribution in [0.3, 0.4) is 0 Å². The maximum Gasteiger partial charge on any atom is 0.191 e. The third-order valence-corrected chi connectivity index (χ3v) is 7.35. The van der Waals surface area contributed by atoms with E-state index in [0.717, 1.165) is 23.8 Å². The molecule has 4 aromatic rings. The largest absolute Gasteiger partial charge is 0.303 e. The molecule has 1 aliphatic carbocycles. The molecule has 0 bridgehead atoms. The Kier molecular flexibility index (Phi) is 6.53. The highest BCUT2D eigenvalue weighted by Gasteiger charge is 2.24. The van der Waals surface area contributed by atoms with Gasteiger partial charge < -0.3 is 4.57 Å². The Labute approximate surface area is 197 Å². The Balaban J connectivity index is 1.44. The topological polar surface area (TPSA) is 47.8 Å². The number of rotatable bonds is 7. The van der Waals surface area contributed by atoms with Crippen LogP contribution in [0.25, 0.3) is 10.8 Å². The second kappa shape index (κ2) is 9.87. The number of benzene rings is 3. The molecular formula is C27H26FN3OS. The van der Waals surface area contributed by atoms with Gasteiger partial charge in [-0.15, -0.1) is 10.2 Å². The van der Waals surface area contributed by atoms with E-state index in [-0.39, 0.29) is 17.1 Å². The van der Waals surface area contributed by atoms with Crippen molar-refractivity contribution in [1.82, 2.24) is 14.8 Å². The molecule has 33 heavy (non-hydrogen) atoms. The van der Waals surface area contributed by atoms with Gasteiger partial charge in [0, 0.05) is 12.5 Å². The number of carbonyl (C=O) groups excluding carboxylic acids is 1. The Morgan fingerprint density at radius 2 is 1.70 bits per heavy atom. The molecular weight excluding hydrogens is 433 g/mol. The molecule has 6 heteroatoms. The van der Waals surface area contributed by atoms with E-state index in [4.69, 9.17) is 0 Å². The van der Waals surface area contributed by atoms with Crippen LogP contribution in [0.1, 0.15) is 59.9 Å². The number of carbonyl (C=O) groups is 1. The van der Waals surface area contributed by atoms with E-state index in [1.807, 2.05) is 0 Å². The first kappa shape index (κ1) is 21.8. The van der Waals surface area contributed by atoms with Crippen LogP contribution < -0.4 is 0 Å². The van der Waals surface area contributed by atoms with Crippen molar-refractivity contribution in [3.05, 3.63) is 89.5 Å². The molecule has 168 valence electrons. The summed E-state index contributed by atoms with van der Waals surface area (Å²) in [7, 11) is 0. The van der Waals surface area contributed by atoms with Crippen LogP contribution in [-0.4, -0.2) is 26.3 Å². The van der Waals surface area contributed by atoms with E-state index in [9.17, 15) is 9.18 Å². The molecule has 1 fully saturated rings. The van der Waals surface area contributed by atoms with Crippen LogP contribution in [0, 0.1) is 5.82 Å². The van der Waals surface area contributed by atoms with Crippen molar-refractivity contribution in [3.8, 4) is 0 Å². The lowest BCUT2D eigenvalue weighted by Crippen LogP contribution is -2.17. The third-order valence-electron chi connectivity index (χ3n) is 6.41. The lowest BCUT2D eigenvalue weighted by molar-refractivity contribution is 0.101. The monoisotopic (exact) mass is 459 g/mol. The SMILES string of the molecule is O=C(CSc1nnc(Cc2cccc3ccccc23)n1C1CCCCC1)c1ccccc1F. The number of hydrogen-bond donors (Lipinski definition) is 0. The molecule has 0 unspecified atom stereocenters. The molecule has 1 saturated carbocycles. The third kappa shape index (κ3) is 4.71. The van der Waals surface area contributed by atoms with E-state index in [2.05, 4.69) is 57.2 Å². The molecule has 1 aromatic heterocycles. The number of ketones is 1. The first-order valence-electron chi connectivity index (χ1n) is 11.5. The maximum absolute atomic E-state index is 14.0. The van der Waals surface area contributed by atoms with Gasteiger partial charge in [0.15, 0.2) is 10.9 Å². The van der Waals surface area contributed by atoms with Crippen LogP contribution in [0.5, 0.6) is 0 Å². The minimum absolute atomic E-state index is 0.129. The summed E-state index contributed by atoms with van der Waals surface area (Å²) in [4.78, 5) is 12.7. The summed E-state index contributed by atoms with van der Waals surface area (Å²) >= 11 is 1.36. The number of halogens is 1. The number of hydrogen-bond acceptors (Lipinski definition) is 4. The Morgan fingerprint density at radius 3 is 2.55 bits per heavy atom. The second-order valence-corrected chi connectivity index (χ2v) is 9.51. The summed E-state index contributed by atoms with van der Waals surface area (Å²) in [6, 6.07) is 21.2. The van der Waals surface area contributed by atoms with Crippen molar-refractivity contribution in [1.29, 1.82) is 0 Å². The van der Waals surface area contributed by atoms with Gasteiger partial charge in [0.05, 0.1) is 11.3 Å². The smallest absolute Gasteiger partial charge is 0.191 e. The van der Waals surface area contributed by atoms with E-state index in [1.54, 1.807) is 12.1 Å². The Morgan fingerprint density at radius 1 is 0.939 bits per heavy atom. The van der Waals surface area contributed by atoms with Crippen molar-refractivity contribution < 1.29 is 9.18 Å². The molecule has 0 atom stereocenters. The summed E-state index contributed by atoms with van der Waals surface area (Å²) in [5, 5.41) is 12.2. The van der Waals surface area contributed by atoms with Gasteiger partial charge in [0.2, 0.25) is 0 Å². The van der Waals surface area contributed by atoms with Crippen LogP contribution in [-0.2, 0) is 6.42 Å². The van der Waals surface area contributed by atoms with Gasteiger partial charge in [-0.3, -0.25) is 4.79 Å². The molecule has 0 radical (unpaired) electrons. The van der Waals surface area contributed by atoms with E-state index >= 15 is 0 Å². The van der Waals surface area contributed by atoms with E-state index in [1.165, 1.54) is 59.5 Å². The van der Waals surface area contributed by atoms with Gasteiger partial charge in [-0.1, -0.05) is 85.6 Å². The van der Waals surface area contributed by atoms with Gasteiger partial charge >= 0.3 is 0 Å². The first-order valence-corrected chi connectivity index (χ1v) is 12.5. The number of Topliss-reactive ketones (excluding diaryl/α,β-unsaturated/α-hetero) is 1. The average molecular weight is 460 g/mol. The summed E-state index contributed by atoms with van der Waals surface area (Å²) in [6.45, 7) is 0. The molecule has 1 heterocycles. The normalized spacial score (nSPS) is 14.6. The van der Waals surface area contributed by atoms with Crippen LogP contribution in [0.15, 0.2) is 71.9 Å². The molecule has 0 spiro atoms. The van der Waals surface area contributed by atoms with Crippen molar-refractivity contribution in [2.45, 2.75) is 49.7 Å². The standard InChI is InChI=1S/C27H26FN3OS/c28-24-16-7-6-15-23(24)25(32)18-33-27-30-29-26(31(27)21-12-2-1-3-13-21)17-20-11-8-10-19-9-4-5-14-22(19)20/h4-11,14-16,21H,1-3,12-13,17-18H2. The lowest BCUT2D eigenvalue weighted by atomic mass is 9.95. The van der Waals surface area contributed by atoms with Gasteiger partial charge in [-0.25, -0.2) is 4.39 Å². The zero-order valence-corrected chi connectivity index (χ0v) is 19.2. The van der Waals surface area contributed by atoms with Crippen molar-refractivity contribution in [2.24, 2.45) is 0 Å². The van der Waals surface area contributed by atoms with E-state index < -0.39 is 5.82 Å². The molecule has 0 aliphatic heterocycles. The quantitative estimate of drug-likeness (QED) is 0.230. The lowest BCUT2D eigenvalue weighted by Gasteiger charge is -2.25. The van der Waals surface area contributed by atoms with Crippen molar-refractivity contribution >= 4 is 28.3 Å². The fourth-order valence-corrected chi connectivity index (χ4v) is 5.65. The number of fused-ring (bicyclic) bond motifs is 1. The van der Waals surface area contributed by atoms with Crippen LogP contribution >= 0.6 is 11.8 Å². The molecule has 0 saturated heterocycles. The van der Waals surface area contributed by atoms with Gasteiger partial charge in [0.25, 0.3) is 0 Å². The van der Waals surface area contributed by atoms with Gasteiger partial charge in [-0.05, 0) is 41.3 Å². The fraction of sp³-hybridized carbons (Fsp3) is 0.296. The molecule has 3 aromatic carbocycles. The molecule has 1 aliphatic rings. The summed E-state index contributed by atoms with van der Waals surface area (Å²) in [5.74, 6) is 0.361. The highest BCUT2D eigenvalue weighted by molar-refractivity contribution is 7.99. The predicted molar refractivity (Wildman–Crippen MR) is 130 cm³/mol. The first-order chi connectivity index (χ1) is 16.2. The zero-order chi connectivity index (χ0) is 22.6. The van der Waals surface area contributed by atoms with Gasteiger partial charge in [-0.2, -0.15) is 0 Å². The molecule has 5 rings (SSSR count). The predicted octanol–water partition coefficient (Wildman–Crippen LogP) is 6.64. The Hall–Kier alpha value is -2.99. The van der Waals surface area contributed by atoms with E-state index in [0.29, 0.717) is 12.5 Å². The Bertz CT molecular complexity index is 1270.